The van der Waals surface area contributed by atoms with Gasteiger partial charge in [-0.1, -0.05) is 22.9 Å². The molecule has 0 aromatic rings. The van der Waals surface area contributed by atoms with E-state index in [0.29, 0.717) is 6.42 Å². The molecule has 0 spiro atoms. The molecule has 2 aliphatic rings. The van der Waals surface area contributed by atoms with Crippen molar-refractivity contribution in [3.8, 4) is 0 Å². The average molecular weight is 272 g/mol. The Labute approximate surface area is 97.9 Å². The lowest BCUT2D eigenvalue weighted by molar-refractivity contribution is -0.114. The summed E-state index contributed by atoms with van der Waals surface area (Å²) in [6.07, 6.45) is 5.02. The third-order valence-electron chi connectivity index (χ3n) is 2.65. The number of halogens is 1. The molecule has 0 amide bonds. The third kappa shape index (κ3) is 1.83. The minimum atomic E-state index is -0.00211. The SMILES string of the molecule is CCC(Br)N1C2=CCC(=O)C=C2OC1C. The Morgan fingerprint density at radius 1 is 1.73 bits per heavy atom. The number of alkyl halides is 1. The zero-order valence-electron chi connectivity index (χ0n) is 8.87. The van der Waals surface area contributed by atoms with Gasteiger partial charge in [0.15, 0.2) is 12.0 Å². The summed E-state index contributed by atoms with van der Waals surface area (Å²) in [6.45, 7) is 4.11. The van der Waals surface area contributed by atoms with Gasteiger partial charge in [0, 0.05) is 12.5 Å². The Hall–Kier alpha value is -0.770. The van der Waals surface area contributed by atoms with E-state index in [-0.39, 0.29) is 17.0 Å². The molecule has 1 aliphatic heterocycles. The van der Waals surface area contributed by atoms with Gasteiger partial charge in [-0.2, -0.15) is 0 Å². The van der Waals surface area contributed by atoms with Gasteiger partial charge in [0.05, 0.1) is 10.6 Å². The summed E-state index contributed by atoms with van der Waals surface area (Å²) in [5.74, 6) is 0.835. The van der Waals surface area contributed by atoms with E-state index in [4.69, 9.17) is 4.74 Å². The molecule has 4 heteroatoms. The summed E-state index contributed by atoms with van der Waals surface area (Å²) >= 11 is 3.61. The summed E-state index contributed by atoms with van der Waals surface area (Å²) in [6, 6.07) is 0. The number of hydrogen-bond donors (Lipinski definition) is 0. The Kier molecular flexibility index (Phi) is 2.87. The highest BCUT2D eigenvalue weighted by molar-refractivity contribution is 9.09. The molecule has 1 saturated heterocycles. The number of allylic oxidation sites excluding steroid dienone is 2. The van der Waals surface area contributed by atoms with Crippen LogP contribution in [0.15, 0.2) is 23.6 Å². The molecule has 0 aromatic heterocycles. The number of carbonyl (C=O) groups is 1. The zero-order chi connectivity index (χ0) is 11.0. The molecule has 82 valence electrons. The number of ketones is 1. The molecule has 0 bridgehead atoms. The highest BCUT2D eigenvalue weighted by atomic mass is 79.9. The highest BCUT2D eigenvalue weighted by Crippen LogP contribution is 2.36. The molecule has 1 aliphatic carbocycles. The quantitative estimate of drug-likeness (QED) is 0.571. The second-order valence-corrected chi connectivity index (χ2v) is 4.79. The van der Waals surface area contributed by atoms with Crippen molar-refractivity contribution in [2.45, 2.75) is 37.9 Å². The van der Waals surface area contributed by atoms with E-state index in [9.17, 15) is 4.79 Å². The first kappa shape index (κ1) is 10.7. The predicted octanol–water partition coefficient (Wildman–Crippen LogP) is 2.54. The van der Waals surface area contributed by atoms with Crippen molar-refractivity contribution in [3.05, 3.63) is 23.6 Å². The van der Waals surface area contributed by atoms with E-state index in [0.717, 1.165) is 17.9 Å². The van der Waals surface area contributed by atoms with Crippen LogP contribution in [0.4, 0.5) is 0 Å². The maximum atomic E-state index is 11.2. The van der Waals surface area contributed by atoms with Crippen LogP contribution < -0.4 is 0 Å². The smallest absolute Gasteiger partial charge is 0.170 e. The van der Waals surface area contributed by atoms with Crippen LogP contribution in [0, 0.1) is 0 Å². The van der Waals surface area contributed by atoms with Crippen LogP contribution >= 0.6 is 15.9 Å². The topological polar surface area (TPSA) is 29.5 Å². The van der Waals surface area contributed by atoms with E-state index >= 15 is 0 Å². The van der Waals surface area contributed by atoms with Crippen LogP contribution in [0.3, 0.4) is 0 Å². The summed E-state index contributed by atoms with van der Waals surface area (Å²) < 4.78 is 5.64. The van der Waals surface area contributed by atoms with Crippen LogP contribution in [0.1, 0.15) is 26.7 Å². The molecule has 2 atom stereocenters. The number of rotatable bonds is 2. The number of nitrogens with zero attached hydrogens (tertiary/aromatic N) is 1. The predicted molar refractivity (Wildman–Crippen MR) is 61.2 cm³/mol. The van der Waals surface area contributed by atoms with Crippen LogP contribution in [0.5, 0.6) is 0 Å². The second kappa shape index (κ2) is 4.00. The van der Waals surface area contributed by atoms with Gasteiger partial charge >= 0.3 is 0 Å². The Bertz CT molecular complexity index is 348. The molecule has 0 N–H and O–H groups in total. The molecule has 15 heavy (non-hydrogen) atoms. The normalized spacial score (nSPS) is 26.7. The number of ether oxygens (including phenoxy) is 1. The number of fused-ring (bicyclic) bond motifs is 1. The van der Waals surface area contributed by atoms with Gasteiger partial charge in [-0.05, 0) is 19.4 Å². The van der Waals surface area contributed by atoms with Gasteiger partial charge in [0.1, 0.15) is 5.76 Å². The first-order chi connectivity index (χ1) is 7.13. The van der Waals surface area contributed by atoms with Gasteiger partial charge in [-0.25, -0.2) is 0 Å². The molecule has 0 aromatic carbocycles. The van der Waals surface area contributed by atoms with Gasteiger partial charge in [0.2, 0.25) is 0 Å². The minimum Gasteiger partial charge on any atom is -0.469 e. The number of carbonyl (C=O) groups excluding carboxylic acids is 1. The van der Waals surface area contributed by atoms with Crippen molar-refractivity contribution in [2.75, 3.05) is 0 Å². The molecule has 1 fully saturated rings. The fraction of sp³-hybridized carbons (Fsp3) is 0.545. The molecule has 0 radical (unpaired) electrons. The van der Waals surface area contributed by atoms with Crippen molar-refractivity contribution in [3.63, 3.8) is 0 Å². The molecule has 3 nitrogen and oxygen atoms in total. The van der Waals surface area contributed by atoms with E-state index in [1.807, 2.05) is 13.0 Å². The fourth-order valence-electron chi connectivity index (χ4n) is 1.92. The van der Waals surface area contributed by atoms with Crippen LogP contribution in [-0.2, 0) is 9.53 Å². The van der Waals surface area contributed by atoms with Crippen LogP contribution in [-0.4, -0.2) is 21.9 Å². The Balaban J connectivity index is 2.29. The monoisotopic (exact) mass is 271 g/mol. The van der Waals surface area contributed by atoms with Gasteiger partial charge in [-0.15, -0.1) is 0 Å². The van der Waals surface area contributed by atoms with Gasteiger partial charge in [-0.3, -0.25) is 4.79 Å². The third-order valence-corrected chi connectivity index (χ3v) is 3.74. The van der Waals surface area contributed by atoms with E-state index in [1.54, 1.807) is 6.08 Å². The molecule has 0 saturated carbocycles. The molecule has 1 heterocycles. The average Bonchev–Trinajstić information content (AvgIpc) is 2.52. The largest absolute Gasteiger partial charge is 0.469 e. The molecule has 2 rings (SSSR count). The Morgan fingerprint density at radius 3 is 3.13 bits per heavy atom. The maximum Gasteiger partial charge on any atom is 0.170 e. The lowest BCUT2D eigenvalue weighted by atomic mass is 10.1. The summed E-state index contributed by atoms with van der Waals surface area (Å²) in [5.41, 5.74) is 1.05. The summed E-state index contributed by atoms with van der Waals surface area (Å²) in [7, 11) is 0. The van der Waals surface area contributed by atoms with Crippen molar-refractivity contribution >= 4 is 21.7 Å². The van der Waals surface area contributed by atoms with E-state index in [1.165, 1.54) is 0 Å². The van der Waals surface area contributed by atoms with E-state index < -0.39 is 0 Å². The van der Waals surface area contributed by atoms with Crippen LogP contribution in [0.2, 0.25) is 0 Å². The maximum absolute atomic E-state index is 11.2. The van der Waals surface area contributed by atoms with Crippen molar-refractivity contribution in [1.82, 2.24) is 4.90 Å². The summed E-state index contributed by atoms with van der Waals surface area (Å²) in [4.78, 5) is 13.7. The highest BCUT2D eigenvalue weighted by Gasteiger charge is 2.35. The van der Waals surface area contributed by atoms with Crippen molar-refractivity contribution in [2.24, 2.45) is 0 Å². The minimum absolute atomic E-state index is 0.00211. The van der Waals surface area contributed by atoms with Gasteiger partial charge in [0.25, 0.3) is 0 Å². The van der Waals surface area contributed by atoms with Gasteiger partial charge < -0.3 is 9.64 Å². The van der Waals surface area contributed by atoms with Crippen molar-refractivity contribution < 1.29 is 9.53 Å². The molecule has 2 unspecified atom stereocenters. The molecular weight excluding hydrogens is 258 g/mol. The summed E-state index contributed by atoms with van der Waals surface area (Å²) in [5, 5.41) is 0. The standard InChI is InChI=1S/C11H14BrNO2/c1-3-11(12)13-7(2)15-10-6-8(14)4-5-9(10)13/h5-7,11H,3-4H2,1-2H3. The fourth-order valence-corrected chi connectivity index (χ4v) is 2.47. The molecular formula is C11H14BrNO2. The van der Waals surface area contributed by atoms with Crippen molar-refractivity contribution in [1.29, 1.82) is 0 Å². The number of hydrogen-bond acceptors (Lipinski definition) is 3. The lowest BCUT2D eigenvalue weighted by Crippen LogP contribution is -2.32. The lowest BCUT2D eigenvalue weighted by Gasteiger charge is -2.27. The Morgan fingerprint density at radius 2 is 2.47 bits per heavy atom. The van der Waals surface area contributed by atoms with Crippen LogP contribution in [0.25, 0.3) is 0 Å². The van der Waals surface area contributed by atoms with E-state index in [2.05, 4.69) is 27.8 Å². The first-order valence-electron chi connectivity index (χ1n) is 5.17. The first-order valence-corrected chi connectivity index (χ1v) is 6.09. The zero-order valence-corrected chi connectivity index (χ0v) is 10.5. The second-order valence-electron chi connectivity index (χ2n) is 3.74.